The summed E-state index contributed by atoms with van der Waals surface area (Å²) in [4.78, 5) is 32.6. The molecular formula is C23H31N3O2S. The van der Waals surface area contributed by atoms with Crippen LogP contribution in [-0.4, -0.2) is 41.3 Å². The number of nitrogens with zero attached hydrogens (tertiary/aromatic N) is 2. The van der Waals surface area contributed by atoms with E-state index in [1.54, 1.807) is 0 Å². The van der Waals surface area contributed by atoms with Crippen LogP contribution in [-0.2, 0) is 4.79 Å². The highest BCUT2D eigenvalue weighted by Gasteiger charge is 2.31. The summed E-state index contributed by atoms with van der Waals surface area (Å²) in [6, 6.07) is 8.24. The Morgan fingerprint density at radius 2 is 1.86 bits per heavy atom. The summed E-state index contributed by atoms with van der Waals surface area (Å²) in [7, 11) is 0. The Balaban J connectivity index is 1.62. The molecule has 156 valence electrons. The second kappa shape index (κ2) is 9.53. The van der Waals surface area contributed by atoms with Gasteiger partial charge in [-0.3, -0.25) is 9.59 Å². The van der Waals surface area contributed by atoms with E-state index in [0.29, 0.717) is 19.0 Å². The molecule has 1 atom stereocenters. The predicted octanol–water partition coefficient (Wildman–Crippen LogP) is 4.44. The second-order valence-corrected chi connectivity index (χ2v) is 9.01. The van der Waals surface area contributed by atoms with E-state index in [0.717, 1.165) is 46.9 Å². The molecule has 1 N–H and O–H groups in total. The maximum atomic E-state index is 13.1. The number of likely N-dealkylation sites (tertiary alicyclic amines) is 1. The fourth-order valence-corrected chi connectivity index (χ4v) is 4.82. The van der Waals surface area contributed by atoms with E-state index >= 15 is 0 Å². The molecule has 1 aromatic carbocycles. The first-order valence-corrected chi connectivity index (χ1v) is 11.3. The molecule has 1 aromatic heterocycles. The molecule has 2 aromatic rings. The van der Waals surface area contributed by atoms with Gasteiger partial charge in [0.05, 0.1) is 5.69 Å². The Labute approximate surface area is 177 Å². The summed E-state index contributed by atoms with van der Waals surface area (Å²) in [5.41, 5.74) is 3.05. The molecule has 1 saturated heterocycles. The number of aryl methyl sites for hydroxylation is 2. The average Bonchev–Trinajstić information content (AvgIpc) is 3.13. The largest absolute Gasteiger partial charge is 0.356 e. The maximum Gasteiger partial charge on any atom is 0.265 e. The number of thiazole rings is 1. The Bertz CT molecular complexity index is 852. The SMILES string of the molecule is CCCNC(=O)C(C)C1CCN(C(=O)c2sc(-c3ccc(C)cc3)nc2C)CC1. The lowest BCUT2D eigenvalue weighted by molar-refractivity contribution is -0.126. The van der Waals surface area contributed by atoms with Crippen LogP contribution >= 0.6 is 11.3 Å². The Hall–Kier alpha value is -2.21. The minimum absolute atomic E-state index is 0.00270. The van der Waals surface area contributed by atoms with Crippen LogP contribution < -0.4 is 5.32 Å². The van der Waals surface area contributed by atoms with Crippen LogP contribution in [0.15, 0.2) is 24.3 Å². The first-order chi connectivity index (χ1) is 13.9. The van der Waals surface area contributed by atoms with Crippen molar-refractivity contribution >= 4 is 23.2 Å². The third-order valence-corrected chi connectivity index (χ3v) is 6.98. The Morgan fingerprint density at radius 1 is 1.21 bits per heavy atom. The first-order valence-electron chi connectivity index (χ1n) is 10.5. The van der Waals surface area contributed by atoms with Crippen LogP contribution in [0.4, 0.5) is 0 Å². The lowest BCUT2D eigenvalue weighted by atomic mass is 9.85. The van der Waals surface area contributed by atoms with Gasteiger partial charge in [0.1, 0.15) is 9.88 Å². The van der Waals surface area contributed by atoms with Gasteiger partial charge in [-0.15, -0.1) is 11.3 Å². The van der Waals surface area contributed by atoms with Crippen molar-refractivity contribution in [1.29, 1.82) is 0 Å². The van der Waals surface area contributed by atoms with Crippen LogP contribution in [0.25, 0.3) is 10.6 Å². The number of piperidine rings is 1. The van der Waals surface area contributed by atoms with Crippen LogP contribution in [0.1, 0.15) is 54.0 Å². The number of hydrogen-bond donors (Lipinski definition) is 1. The van der Waals surface area contributed by atoms with Gasteiger partial charge in [-0.25, -0.2) is 4.98 Å². The van der Waals surface area contributed by atoms with Crippen LogP contribution in [0.3, 0.4) is 0 Å². The highest BCUT2D eigenvalue weighted by molar-refractivity contribution is 7.17. The molecule has 2 heterocycles. The first kappa shape index (κ1) is 21.5. The van der Waals surface area contributed by atoms with E-state index < -0.39 is 0 Å². The fraction of sp³-hybridized carbons (Fsp3) is 0.522. The van der Waals surface area contributed by atoms with Gasteiger partial charge in [0, 0.05) is 31.1 Å². The number of nitrogens with one attached hydrogen (secondary N) is 1. The minimum atomic E-state index is -0.00270. The zero-order valence-corrected chi connectivity index (χ0v) is 18.6. The molecule has 0 bridgehead atoms. The van der Waals surface area contributed by atoms with E-state index in [1.807, 2.05) is 18.7 Å². The van der Waals surface area contributed by atoms with Crippen molar-refractivity contribution in [2.75, 3.05) is 19.6 Å². The van der Waals surface area contributed by atoms with Crippen molar-refractivity contribution in [3.63, 3.8) is 0 Å². The van der Waals surface area contributed by atoms with Crippen molar-refractivity contribution in [2.24, 2.45) is 11.8 Å². The van der Waals surface area contributed by atoms with Crippen molar-refractivity contribution in [3.8, 4) is 10.6 Å². The standard InChI is InChI=1S/C23H31N3O2S/c1-5-12-24-21(27)16(3)18-10-13-26(14-11-18)23(28)20-17(4)25-22(29-20)19-8-6-15(2)7-9-19/h6-9,16,18H,5,10-14H2,1-4H3,(H,24,27). The number of carbonyl (C=O) groups is 2. The number of hydrogen-bond acceptors (Lipinski definition) is 4. The van der Waals surface area contributed by atoms with E-state index in [4.69, 9.17) is 0 Å². The number of rotatable bonds is 6. The number of amides is 2. The molecule has 6 heteroatoms. The van der Waals surface area contributed by atoms with Gasteiger partial charge in [-0.2, -0.15) is 0 Å². The normalized spacial score (nSPS) is 15.9. The fourth-order valence-electron chi connectivity index (χ4n) is 3.78. The quantitative estimate of drug-likeness (QED) is 0.761. The van der Waals surface area contributed by atoms with Gasteiger partial charge < -0.3 is 10.2 Å². The predicted molar refractivity (Wildman–Crippen MR) is 118 cm³/mol. The average molecular weight is 414 g/mol. The maximum absolute atomic E-state index is 13.1. The van der Waals surface area contributed by atoms with Gasteiger partial charge in [0.2, 0.25) is 5.91 Å². The minimum Gasteiger partial charge on any atom is -0.356 e. The molecule has 0 aliphatic carbocycles. The molecule has 1 aliphatic rings. The zero-order chi connectivity index (χ0) is 21.0. The van der Waals surface area contributed by atoms with Gasteiger partial charge in [-0.05, 0) is 39.0 Å². The third kappa shape index (κ3) is 5.04. The molecule has 3 rings (SSSR count). The van der Waals surface area contributed by atoms with Crippen molar-refractivity contribution in [3.05, 3.63) is 40.4 Å². The highest BCUT2D eigenvalue weighted by atomic mass is 32.1. The molecule has 5 nitrogen and oxygen atoms in total. The van der Waals surface area contributed by atoms with Gasteiger partial charge in [0.15, 0.2) is 0 Å². The summed E-state index contributed by atoms with van der Waals surface area (Å²) < 4.78 is 0. The summed E-state index contributed by atoms with van der Waals surface area (Å²) in [6.45, 7) is 10.2. The molecular weight excluding hydrogens is 382 g/mol. The monoisotopic (exact) mass is 413 g/mol. The van der Waals surface area contributed by atoms with E-state index in [9.17, 15) is 9.59 Å². The summed E-state index contributed by atoms with van der Waals surface area (Å²) in [6.07, 6.45) is 2.69. The number of benzene rings is 1. The number of aromatic nitrogens is 1. The molecule has 0 saturated carbocycles. The molecule has 1 aliphatic heterocycles. The van der Waals surface area contributed by atoms with Crippen LogP contribution in [0, 0.1) is 25.7 Å². The molecule has 2 amide bonds. The zero-order valence-electron chi connectivity index (χ0n) is 17.8. The van der Waals surface area contributed by atoms with Crippen LogP contribution in [0.5, 0.6) is 0 Å². The molecule has 1 unspecified atom stereocenters. The topological polar surface area (TPSA) is 62.3 Å². The Morgan fingerprint density at radius 3 is 2.48 bits per heavy atom. The van der Waals surface area contributed by atoms with Gasteiger partial charge in [-0.1, -0.05) is 43.7 Å². The summed E-state index contributed by atoms with van der Waals surface area (Å²) in [5.74, 6) is 0.538. The summed E-state index contributed by atoms with van der Waals surface area (Å²) in [5, 5.41) is 3.88. The summed E-state index contributed by atoms with van der Waals surface area (Å²) >= 11 is 1.47. The van der Waals surface area contributed by atoms with Crippen LogP contribution in [0.2, 0.25) is 0 Å². The van der Waals surface area contributed by atoms with Gasteiger partial charge in [0.25, 0.3) is 5.91 Å². The molecule has 0 spiro atoms. The smallest absolute Gasteiger partial charge is 0.265 e. The molecule has 29 heavy (non-hydrogen) atoms. The Kier molecular flexibility index (Phi) is 7.06. The lowest BCUT2D eigenvalue weighted by Crippen LogP contribution is -2.42. The van der Waals surface area contributed by atoms with Crippen molar-refractivity contribution in [2.45, 2.75) is 47.0 Å². The highest BCUT2D eigenvalue weighted by Crippen LogP contribution is 2.31. The van der Waals surface area contributed by atoms with Crippen molar-refractivity contribution < 1.29 is 9.59 Å². The van der Waals surface area contributed by atoms with E-state index in [2.05, 4.69) is 48.4 Å². The number of carbonyl (C=O) groups excluding carboxylic acids is 2. The molecule has 0 radical (unpaired) electrons. The third-order valence-electron chi connectivity index (χ3n) is 5.79. The second-order valence-electron chi connectivity index (χ2n) is 8.01. The van der Waals surface area contributed by atoms with Gasteiger partial charge >= 0.3 is 0 Å². The van der Waals surface area contributed by atoms with E-state index in [1.165, 1.54) is 16.9 Å². The van der Waals surface area contributed by atoms with E-state index in [-0.39, 0.29) is 17.7 Å². The lowest BCUT2D eigenvalue weighted by Gasteiger charge is -2.34. The van der Waals surface area contributed by atoms with Crippen molar-refractivity contribution in [1.82, 2.24) is 15.2 Å². The molecule has 1 fully saturated rings.